The molecule has 0 amide bonds. The minimum atomic E-state index is -0.854. The zero-order valence-electron chi connectivity index (χ0n) is 11.8. The summed E-state index contributed by atoms with van der Waals surface area (Å²) in [6.07, 6.45) is 0. The summed E-state index contributed by atoms with van der Waals surface area (Å²) in [5, 5.41) is 9.17. The van der Waals surface area contributed by atoms with Crippen molar-refractivity contribution in [2.45, 2.75) is 44.9 Å². The van der Waals surface area contributed by atoms with Crippen molar-refractivity contribution in [3.63, 3.8) is 0 Å². The van der Waals surface area contributed by atoms with Gasteiger partial charge in [0.1, 0.15) is 0 Å². The molecule has 1 rings (SSSR count). The Morgan fingerprint density at radius 3 is 2.33 bits per heavy atom. The van der Waals surface area contributed by atoms with Crippen molar-refractivity contribution in [2.75, 3.05) is 5.75 Å². The van der Waals surface area contributed by atoms with Crippen molar-refractivity contribution in [1.82, 2.24) is 0 Å². The molecule has 0 aliphatic carbocycles. The van der Waals surface area contributed by atoms with E-state index in [1.807, 2.05) is 0 Å². The second-order valence-corrected chi connectivity index (χ2v) is 7.10. The average Bonchev–Trinajstić information content (AvgIpc) is 2.24. The van der Waals surface area contributed by atoms with Crippen LogP contribution in [-0.4, -0.2) is 16.8 Å². The SMILES string of the molecule is CC(C)CSc1cc(C(=O)O)cc(C(C)(C)C)c1. The molecule has 18 heavy (non-hydrogen) atoms. The largest absolute Gasteiger partial charge is 0.478 e. The summed E-state index contributed by atoms with van der Waals surface area (Å²) >= 11 is 1.73. The van der Waals surface area contributed by atoms with E-state index in [9.17, 15) is 4.79 Å². The highest BCUT2D eigenvalue weighted by Crippen LogP contribution is 2.29. The first-order chi connectivity index (χ1) is 8.20. The van der Waals surface area contributed by atoms with Crippen LogP contribution in [0.25, 0.3) is 0 Å². The Morgan fingerprint density at radius 2 is 1.89 bits per heavy atom. The summed E-state index contributed by atoms with van der Waals surface area (Å²) in [5.41, 5.74) is 1.43. The standard InChI is InChI=1S/C15H22O2S/c1-10(2)9-18-13-7-11(14(16)17)6-12(8-13)15(3,4)5/h6-8,10H,9H2,1-5H3,(H,16,17). The van der Waals surface area contributed by atoms with Crippen LogP contribution < -0.4 is 0 Å². The van der Waals surface area contributed by atoms with Gasteiger partial charge in [-0.3, -0.25) is 0 Å². The zero-order valence-corrected chi connectivity index (χ0v) is 12.6. The molecule has 1 aromatic carbocycles. The number of thioether (sulfide) groups is 1. The van der Waals surface area contributed by atoms with Crippen LogP contribution in [0, 0.1) is 5.92 Å². The minimum absolute atomic E-state index is 0.0292. The Labute approximate surface area is 114 Å². The predicted molar refractivity (Wildman–Crippen MR) is 77.7 cm³/mol. The molecule has 0 spiro atoms. The highest BCUT2D eigenvalue weighted by Gasteiger charge is 2.17. The molecule has 3 heteroatoms. The lowest BCUT2D eigenvalue weighted by Crippen LogP contribution is -2.12. The number of hydrogen-bond donors (Lipinski definition) is 1. The monoisotopic (exact) mass is 266 g/mol. The lowest BCUT2D eigenvalue weighted by molar-refractivity contribution is 0.0696. The minimum Gasteiger partial charge on any atom is -0.478 e. The lowest BCUT2D eigenvalue weighted by Gasteiger charge is -2.20. The number of hydrogen-bond acceptors (Lipinski definition) is 2. The van der Waals surface area contributed by atoms with Gasteiger partial charge in [0.15, 0.2) is 0 Å². The topological polar surface area (TPSA) is 37.3 Å². The number of rotatable bonds is 4. The zero-order chi connectivity index (χ0) is 13.9. The van der Waals surface area contributed by atoms with E-state index in [2.05, 4.69) is 40.7 Å². The van der Waals surface area contributed by atoms with Crippen LogP contribution in [0.4, 0.5) is 0 Å². The molecular weight excluding hydrogens is 244 g/mol. The van der Waals surface area contributed by atoms with Gasteiger partial charge in [0.25, 0.3) is 0 Å². The maximum Gasteiger partial charge on any atom is 0.335 e. The van der Waals surface area contributed by atoms with E-state index in [1.54, 1.807) is 23.9 Å². The third-order valence-corrected chi connectivity index (χ3v) is 4.01. The summed E-state index contributed by atoms with van der Waals surface area (Å²) in [6, 6.07) is 5.66. The maximum atomic E-state index is 11.2. The second kappa shape index (κ2) is 5.79. The van der Waals surface area contributed by atoms with Crippen molar-refractivity contribution < 1.29 is 9.90 Å². The Hall–Kier alpha value is -0.960. The molecule has 0 saturated heterocycles. The van der Waals surface area contributed by atoms with Crippen LogP contribution in [0.2, 0.25) is 0 Å². The molecule has 100 valence electrons. The highest BCUT2D eigenvalue weighted by atomic mass is 32.2. The molecule has 0 heterocycles. The Balaban J connectivity index is 3.10. The van der Waals surface area contributed by atoms with E-state index in [4.69, 9.17) is 5.11 Å². The predicted octanol–water partition coefficient (Wildman–Crippen LogP) is 4.43. The van der Waals surface area contributed by atoms with Gasteiger partial charge in [-0.05, 0) is 35.1 Å². The van der Waals surface area contributed by atoms with Gasteiger partial charge in [0.05, 0.1) is 5.56 Å². The van der Waals surface area contributed by atoms with E-state index in [0.29, 0.717) is 11.5 Å². The van der Waals surface area contributed by atoms with Crippen LogP contribution in [0.1, 0.15) is 50.5 Å². The third-order valence-electron chi connectivity index (χ3n) is 2.60. The molecule has 1 aromatic rings. The summed E-state index contributed by atoms with van der Waals surface area (Å²) < 4.78 is 0. The van der Waals surface area contributed by atoms with Gasteiger partial charge in [-0.1, -0.05) is 34.6 Å². The van der Waals surface area contributed by atoms with Gasteiger partial charge in [-0.25, -0.2) is 4.79 Å². The number of carboxylic acids is 1. The van der Waals surface area contributed by atoms with E-state index in [0.717, 1.165) is 16.2 Å². The lowest BCUT2D eigenvalue weighted by atomic mass is 9.86. The van der Waals surface area contributed by atoms with Gasteiger partial charge >= 0.3 is 5.97 Å². The van der Waals surface area contributed by atoms with Crippen LogP contribution >= 0.6 is 11.8 Å². The third kappa shape index (κ3) is 4.37. The molecule has 0 saturated carbocycles. The Morgan fingerprint density at radius 1 is 1.28 bits per heavy atom. The molecule has 0 unspecified atom stereocenters. The molecule has 2 nitrogen and oxygen atoms in total. The first kappa shape index (κ1) is 15.1. The van der Waals surface area contributed by atoms with E-state index in [1.165, 1.54) is 0 Å². The fourth-order valence-corrected chi connectivity index (χ4v) is 2.45. The maximum absolute atomic E-state index is 11.2. The van der Waals surface area contributed by atoms with E-state index >= 15 is 0 Å². The van der Waals surface area contributed by atoms with Crippen molar-refractivity contribution >= 4 is 17.7 Å². The summed E-state index contributed by atoms with van der Waals surface area (Å²) in [4.78, 5) is 12.2. The normalized spacial score (nSPS) is 11.9. The molecule has 0 bridgehead atoms. The molecule has 0 radical (unpaired) electrons. The second-order valence-electron chi connectivity index (χ2n) is 6.01. The first-order valence-corrected chi connectivity index (χ1v) is 7.20. The molecule has 0 aromatic heterocycles. The first-order valence-electron chi connectivity index (χ1n) is 6.22. The van der Waals surface area contributed by atoms with Gasteiger partial charge in [0.2, 0.25) is 0 Å². The van der Waals surface area contributed by atoms with Gasteiger partial charge in [0, 0.05) is 10.6 Å². The highest BCUT2D eigenvalue weighted by molar-refractivity contribution is 7.99. The van der Waals surface area contributed by atoms with Crippen molar-refractivity contribution in [3.05, 3.63) is 29.3 Å². The number of carboxylic acid groups (broad SMARTS) is 1. The Kier molecular flexibility index (Phi) is 4.85. The fourth-order valence-electron chi connectivity index (χ4n) is 1.50. The van der Waals surface area contributed by atoms with Crippen LogP contribution in [0.3, 0.4) is 0 Å². The molecular formula is C15H22O2S. The Bertz CT molecular complexity index is 431. The summed E-state index contributed by atoms with van der Waals surface area (Å²) in [7, 11) is 0. The number of aromatic carboxylic acids is 1. The van der Waals surface area contributed by atoms with Crippen molar-refractivity contribution in [2.24, 2.45) is 5.92 Å². The quantitative estimate of drug-likeness (QED) is 0.819. The van der Waals surface area contributed by atoms with Gasteiger partial charge < -0.3 is 5.11 Å². The molecule has 0 aliphatic heterocycles. The van der Waals surface area contributed by atoms with E-state index in [-0.39, 0.29) is 5.41 Å². The van der Waals surface area contributed by atoms with Crippen molar-refractivity contribution in [3.8, 4) is 0 Å². The van der Waals surface area contributed by atoms with Crippen LogP contribution in [0.15, 0.2) is 23.1 Å². The molecule has 0 atom stereocenters. The number of benzene rings is 1. The fraction of sp³-hybridized carbons (Fsp3) is 0.533. The van der Waals surface area contributed by atoms with Crippen molar-refractivity contribution in [1.29, 1.82) is 0 Å². The van der Waals surface area contributed by atoms with E-state index < -0.39 is 5.97 Å². The average molecular weight is 266 g/mol. The molecule has 0 fully saturated rings. The molecule has 0 aliphatic rings. The van der Waals surface area contributed by atoms with Crippen LogP contribution in [0.5, 0.6) is 0 Å². The van der Waals surface area contributed by atoms with Gasteiger partial charge in [-0.2, -0.15) is 0 Å². The number of carbonyl (C=O) groups is 1. The summed E-state index contributed by atoms with van der Waals surface area (Å²) in [6.45, 7) is 10.6. The molecule has 1 N–H and O–H groups in total. The smallest absolute Gasteiger partial charge is 0.335 e. The summed E-state index contributed by atoms with van der Waals surface area (Å²) in [5.74, 6) is 0.751. The van der Waals surface area contributed by atoms with Crippen LogP contribution in [-0.2, 0) is 5.41 Å². The van der Waals surface area contributed by atoms with Gasteiger partial charge in [-0.15, -0.1) is 11.8 Å².